The highest BCUT2D eigenvalue weighted by atomic mass is 16.5. The Kier molecular flexibility index (Phi) is 4.30. The summed E-state index contributed by atoms with van der Waals surface area (Å²) in [4.78, 5) is 26.7. The van der Waals surface area contributed by atoms with Crippen LogP contribution in [0.25, 0.3) is 11.6 Å². The second kappa shape index (κ2) is 6.91. The van der Waals surface area contributed by atoms with E-state index < -0.39 is 0 Å². The molecule has 0 radical (unpaired) electrons. The van der Waals surface area contributed by atoms with Crippen LogP contribution >= 0.6 is 0 Å². The summed E-state index contributed by atoms with van der Waals surface area (Å²) in [6.07, 6.45) is 3.62. The van der Waals surface area contributed by atoms with E-state index in [1.165, 1.54) is 0 Å². The fourth-order valence-electron chi connectivity index (χ4n) is 2.77. The molecule has 1 aliphatic heterocycles. The molecule has 26 heavy (non-hydrogen) atoms. The molecule has 132 valence electrons. The van der Waals surface area contributed by atoms with Gasteiger partial charge in [-0.05, 0) is 23.8 Å². The van der Waals surface area contributed by atoms with Crippen molar-refractivity contribution in [1.82, 2.24) is 25.0 Å². The van der Waals surface area contributed by atoms with Gasteiger partial charge in [-0.15, -0.1) is 0 Å². The number of aromatic nitrogens is 4. The van der Waals surface area contributed by atoms with Gasteiger partial charge >= 0.3 is 0 Å². The normalized spacial score (nSPS) is 14.1. The molecule has 8 heteroatoms. The third kappa shape index (κ3) is 3.26. The quantitative estimate of drug-likeness (QED) is 0.690. The van der Waals surface area contributed by atoms with E-state index in [1.807, 2.05) is 24.3 Å². The molecule has 1 amide bonds. The Labute approximate surface area is 149 Å². The monoisotopic (exact) mass is 351 g/mol. The molecule has 4 rings (SSSR count). The Morgan fingerprint density at radius 2 is 1.92 bits per heavy atom. The molecule has 1 aliphatic rings. The Morgan fingerprint density at radius 3 is 2.62 bits per heavy atom. The maximum atomic E-state index is 12.4. The lowest BCUT2D eigenvalue weighted by molar-refractivity contribution is -0.135. The topological polar surface area (TPSA) is 94.2 Å². The summed E-state index contributed by atoms with van der Waals surface area (Å²) in [5.41, 5.74) is 0.959. The van der Waals surface area contributed by atoms with Crippen LogP contribution in [0.2, 0.25) is 0 Å². The number of hydrogen-bond donors (Lipinski definition) is 0. The minimum Gasteiger partial charge on any atom is -0.497 e. The Bertz CT molecular complexity index is 889. The second-order valence-corrected chi connectivity index (χ2v) is 6.05. The van der Waals surface area contributed by atoms with Gasteiger partial charge in [-0.2, -0.15) is 4.98 Å². The number of ether oxygens (including phenoxy) is 1. The van der Waals surface area contributed by atoms with Crippen molar-refractivity contribution in [2.75, 3.05) is 20.2 Å². The molecule has 0 bridgehead atoms. The Balaban J connectivity index is 1.33. The van der Waals surface area contributed by atoms with Gasteiger partial charge in [-0.3, -0.25) is 4.79 Å². The fraction of sp³-hybridized carbons (Fsp3) is 0.278. The lowest BCUT2D eigenvalue weighted by atomic mass is 9.99. The van der Waals surface area contributed by atoms with E-state index in [0.717, 1.165) is 11.3 Å². The molecule has 3 aromatic rings. The lowest BCUT2D eigenvalue weighted by Gasteiger charge is -2.37. The van der Waals surface area contributed by atoms with E-state index in [1.54, 1.807) is 30.5 Å². The summed E-state index contributed by atoms with van der Waals surface area (Å²) < 4.78 is 10.4. The largest absolute Gasteiger partial charge is 0.497 e. The van der Waals surface area contributed by atoms with Crippen molar-refractivity contribution >= 4 is 5.91 Å². The molecule has 8 nitrogen and oxygen atoms in total. The third-order valence-electron chi connectivity index (χ3n) is 4.31. The first kappa shape index (κ1) is 16.2. The van der Waals surface area contributed by atoms with Crippen LogP contribution in [-0.4, -0.2) is 51.1 Å². The average Bonchev–Trinajstić information content (AvgIpc) is 3.11. The van der Waals surface area contributed by atoms with Gasteiger partial charge in [0.05, 0.1) is 19.4 Å². The predicted octanol–water partition coefficient (Wildman–Crippen LogP) is 1.70. The summed E-state index contributed by atoms with van der Waals surface area (Å²) in [5.74, 6) is 2.22. The number of hydrogen-bond acceptors (Lipinski definition) is 7. The second-order valence-electron chi connectivity index (χ2n) is 6.05. The Hall–Kier alpha value is -3.29. The minimum absolute atomic E-state index is 0.0554. The SMILES string of the molecule is COc1ccc(CC(=O)N2CC(c3nc(-c4ncccn4)no3)C2)cc1. The highest BCUT2D eigenvalue weighted by Crippen LogP contribution is 2.27. The van der Waals surface area contributed by atoms with Crippen LogP contribution in [-0.2, 0) is 11.2 Å². The van der Waals surface area contributed by atoms with Crippen LogP contribution in [0.1, 0.15) is 17.4 Å². The molecule has 0 spiro atoms. The number of likely N-dealkylation sites (tertiary alicyclic amines) is 1. The maximum Gasteiger partial charge on any atom is 0.240 e. The predicted molar refractivity (Wildman–Crippen MR) is 91.3 cm³/mol. The molecule has 0 atom stereocenters. The summed E-state index contributed by atoms with van der Waals surface area (Å²) >= 11 is 0. The van der Waals surface area contributed by atoms with Gasteiger partial charge in [-0.25, -0.2) is 9.97 Å². The fourth-order valence-corrected chi connectivity index (χ4v) is 2.77. The van der Waals surface area contributed by atoms with Crippen molar-refractivity contribution in [2.24, 2.45) is 0 Å². The average molecular weight is 351 g/mol. The first-order chi connectivity index (χ1) is 12.7. The number of amides is 1. The molecule has 1 saturated heterocycles. The molecule has 2 aromatic heterocycles. The zero-order chi connectivity index (χ0) is 17.9. The standard InChI is InChI=1S/C18H17N5O3/c1-25-14-5-3-12(4-6-14)9-15(24)23-10-13(11-23)18-21-17(22-26-18)16-19-7-2-8-20-16/h2-8,13H,9-11H2,1H3. The molecule has 0 aliphatic carbocycles. The number of benzene rings is 1. The molecule has 0 unspecified atom stereocenters. The van der Waals surface area contributed by atoms with Crippen molar-refractivity contribution < 1.29 is 14.1 Å². The van der Waals surface area contributed by atoms with Crippen molar-refractivity contribution in [3.63, 3.8) is 0 Å². The first-order valence-corrected chi connectivity index (χ1v) is 8.24. The van der Waals surface area contributed by atoms with Crippen LogP contribution in [0.3, 0.4) is 0 Å². The Morgan fingerprint density at radius 1 is 1.19 bits per heavy atom. The number of carbonyl (C=O) groups is 1. The van der Waals surface area contributed by atoms with Crippen molar-refractivity contribution in [3.8, 4) is 17.4 Å². The first-order valence-electron chi connectivity index (χ1n) is 8.24. The van der Waals surface area contributed by atoms with Gasteiger partial charge in [-0.1, -0.05) is 17.3 Å². The highest BCUT2D eigenvalue weighted by Gasteiger charge is 2.35. The maximum absolute atomic E-state index is 12.4. The van der Waals surface area contributed by atoms with Crippen molar-refractivity contribution in [3.05, 3.63) is 54.2 Å². The van der Waals surface area contributed by atoms with E-state index in [9.17, 15) is 4.79 Å². The van der Waals surface area contributed by atoms with Gasteiger partial charge in [0.1, 0.15) is 5.75 Å². The third-order valence-corrected chi connectivity index (χ3v) is 4.31. The lowest BCUT2D eigenvalue weighted by Crippen LogP contribution is -2.49. The smallest absolute Gasteiger partial charge is 0.240 e. The van der Waals surface area contributed by atoms with Crippen LogP contribution in [0, 0.1) is 0 Å². The molecule has 0 N–H and O–H groups in total. The summed E-state index contributed by atoms with van der Waals surface area (Å²) in [6.45, 7) is 1.15. The van der Waals surface area contributed by atoms with Gasteiger partial charge < -0.3 is 14.2 Å². The molecule has 3 heterocycles. The molecular weight excluding hydrogens is 334 g/mol. The van der Waals surface area contributed by atoms with Crippen LogP contribution < -0.4 is 4.74 Å². The van der Waals surface area contributed by atoms with Crippen LogP contribution in [0.4, 0.5) is 0 Å². The highest BCUT2D eigenvalue weighted by molar-refractivity contribution is 5.79. The van der Waals surface area contributed by atoms with Crippen LogP contribution in [0.15, 0.2) is 47.2 Å². The van der Waals surface area contributed by atoms with Gasteiger partial charge in [0.15, 0.2) is 0 Å². The van der Waals surface area contributed by atoms with E-state index in [4.69, 9.17) is 9.26 Å². The van der Waals surface area contributed by atoms with Gasteiger partial charge in [0, 0.05) is 25.5 Å². The van der Waals surface area contributed by atoms with E-state index in [2.05, 4.69) is 20.1 Å². The number of rotatable bonds is 5. The molecule has 0 saturated carbocycles. The van der Waals surface area contributed by atoms with Gasteiger partial charge in [0.25, 0.3) is 0 Å². The zero-order valence-corrected chi connectivity index (χ0v) is 14.2. The zero-order valence-electron chi connectivity index (χ0n) is 14.2. The van der Waals surface area contributed by atoms with Crippen LogP contribution in [0.5, 0.6) is 5.75 Å². The summed E-state index contributed by atoms with van der Waals surface area (Å²) in [6, 6.07) is 9.24. The summed E-state index contributed by atoms with van der Waals surface area (Å²) in [7, 11) is 1.62. The van der Waals surface area contributed by atoms with Gasteiger partial charge in [0.2, 0.25) is 23.4 Å². The molecule has 1 fully saturated rings. The van der Waals surface area contributed by atoms with Crippen molar-refractivity contribution in [1.29, 1.82) is 0 Å². The van der Waals surface area contributed by atoms with E-state index >= 15 is 0 Å². The van der Waals surface area contributed by atoms with E-state index in [0.29, 0.717) is 37.0 Å². The molecular formula is C18H17N5O3. The number of carbonyl (C=O) groups excluding carboxylic acids is 1. The molecule has 1 aromatic carbocycles. The van der Waals surface area contributed by atoms with Crippen molar-refractivity contribution in [2.45, 2.75) is 12.3 Å². The number of nitrogens with zero attached hydrogens (tertiary/aromatic N) is 5. The minimum atomic E-state index is 0.0554. The van der Waals surface area contributed by atoms with E-state index in [-0.39, 0.29) is 11.8 Å². The summed E-state index contributed by atoms with van der Waals surface area (Å²) in [5, 5.41) is 3.92. The number of methoxy groups -OCH3 is 1.